The zero-order valence-corrected chi connectivity index (χ0v) is 23.0. The number of hydrogen-bond donors (Lipinski definition) is 1. The third-order valence-electron chi connectivity index (χ3n) is 5.25. The second kappa shape index (κ2) is 15.9. The molecule has 0 aliphatic heterocycles. The van der Waals surface area contributed by atoms with Crippen LogP contribution in [0.3, 0.4) is 0 Å². The predicted octanol–water partition coefficient (Wildman–Crippen LogP) is 4.94. The monoisotopic (exact) mass is 561 g/mol. The molecule has 0 saturated heterocycles. The van der Waals surface area contributed by atoms with Crippen LogP contribution in [0.4, 0.5) is 14.4 Å². The average Bonchev–Trinajstić information content (AvgIpc) is 2.91. The topological polar surface area (TPSA) is 159 Å². The molecule has 0 fully saturated rings. The number of carbonyl (C=O) groups excluding carboxylic acids is 4. The van der Waals surface area contributed by atoms with Gasteiger partial charge in [0.05, 0.1) is 20.3 Å². The number of carbonyl (C=O) groups is 4. The molecule has 12 nitrogen and oxygen atoms in total. The first-order valence-corrected chi connectivity index (χ1v) is 12.7. The largest absolute Gasteiger partial charge is 0.514 e. The summed E-state index contributed by atoms with van der Waals surface area (Å²) in [7, 11) is 1.18. The van der Waals surface area contributed by atoms with Crippen molar-refractivity contribution in [3.8, 4) is 17.2 Å². The van der Waals surface area contributed by atoms with E-state index in [0.717, 1.165) is 0 Å². The molecule has 2 aromatic rings. The lowest BCUT2D eigenvalue weighted by atomic mass is 9.86. The van der Waals surface area contributed by atoms with E-state index in [1.54, 1.807) is 37.3 Å². The Bertz CT molecular complexity index is 1140. The van der Waals surface area contributed by atoms with Crippen molar-refractivity contribution in [2.45, 2.75) is 58.1 Å². The smallest absolute Gasteiger partial charge is 0.468 e. The predicted molar refractivity (Wildman–Crippen MR) is 141 cm³/mol. The highest BCUT2D eigenvalue weighted by Gasteiger charge is 2.38. The summed E-state index contributed by atoms with van der Waals surface area (Å²) < 4.78 is 35.6. The van der Waals surface area contributed by atoms with Crippen LogP contribution in [0.1, 0.15) is 45.6 Å². The molecular formula is C28H35NO11. The van der Waals surface area contributed by atoms with Crippen molar-refractivity contribution in [1.29, 1.82) is 0 Å². The van der Waals surface area contributed by atoms with Gasteiger partial charge in [-0.2, -0.15) is 0 Å². The lowest BCUT2D eigenvalue weighted by Gasteiger charge is -2.29. The van der Waals surface area contributed by atoms with Gasteiger partial charge >= 0.3 is 24.4 Å². The van der Waals surface area contributed by atoms with Crippen molar-refractivity contribution < 1.29 is 52.3 Å². The molecule has 0 aromatic heterocycles. The minimum atomic E-state index is -1.66. The molecule has 0 bridgehead atoms. The number of nitrogens with two attached hydrogens (primary N) is 1. The maximum absolute atomic E-state index is 12.7. The van der Waals surface area contributed by atoms with Gasteiger partial charge in [-0.25, -0.2) is 14.4 Å². The SMILES string of the molecule is CCCOC(=O)Oc1ccc(CC(N)(C[C@H](C)OC(=O)Oc2ccccc2)C(=O)OC)cc1OC(=O)OCCC. The highest BCUT2D eigenvalue weighted by Crippen LogP contribution is 2.31. The van der Waals surface area contributed by atoms with Crippen LogP contribution in [0.5, 0.6) is 17.2 Å². The summed E-state index contributed by atoms with van der Waals surface area (Å²) in [5.41, 5.74) is 5.21. The Hall–Kier alpha value is -4.32. The quantitative estimate of drug-likeness (QED) is 0.200. The molecule has 0 amide bonds. The molecule has 0 radical (unpaired) electrons. The van der Waals surface area contributed by atoms with E-state index in [2.05, 4.69) is 0 Å². The van der Waals surface area contributed by atoms with Crippen LogP contribution in [0, 0.1) is 0 Å². The molecule has 0 saturated carbocycles. The molecule has 2 N–H and O–H groups in total. The van der Waals surface area contributed by atoms with Crippen LogP contribution < -0.4 is 19.9 Å². The van der Waals surface area contributed by atoms with Crippen LogP contribution in [0.2, 0.25) is 0 Å². The summed E-state index contributed by atoms with van der Waals surface area (Å²) in [5.74, 6) is -0.750. The number of esters is 1. The Kier molecular flexibility index (Phi) is 12.7. The second-order valence-electron chi connectivity index (χ2n) is 8.80. The maximum Gasteiger partial charge on any atom is 0.514 e. The number of para-hydroxylation sites is 1. The van der Waals surface area contributed by atoms with E-state index in [4.69, 9.17) is 38.9 Å². The van der Waals surface area contributed by atoms with E-state index >= 15 is 0 Å². The first-order chi connectivity index (χ1) is 19.1. The van der Waals surface area contributed by atoms with Crippen LogP contribution in [0.25, 0.3) is 0 Å². The van der Waals surface area contributed by atoms with Crippen molar-refractivity contribution in [2.24, 2.45) is 5.73 Å². The molecule has 218 valence electrons. The highest BCUT2D eigenvalue weighted by molar-refractivity contribution is 5.81. The molecular weight excluding hydrogens is 526 g/mol. The second-order valence-corrected chi connectivity index (χ2v) is 8.80. The van der Waals surface area contributed by atoms with Gasteiger partial charge in [0.1, 0.15) is 17.4 Å². The summed E-state index contributed by atoms with van der Waals surface area (Å²) in [5, 5.41) is 0. The fourth-order valence-corrected chi connectivity index (χ4v) is 3.56. The van der Waals surface area contributed by atoms with Gasteiger partial charge in [-0.15, -0.1) is 0 Å². The minimum Gasteiger partial charge on any atom is -0.468 e. The van der Waals surface area contributed by atoms with Crippen molar-refractivity contribution in [3.63, 3.8) is 0 Å². The van der Waals surface area contributed by atoms with Crippen molar-refractivity contribution >= 4 is 24.4 Å². The van der Waals surface area contributed by atoms with Gasteiger partial charge in [0.15, 0.2) is 11.5 Å². The zero-order chi connectivity index (χ0) is 29.5. The molecule has 2 rings (SSSR count). The summed E-state index contributed by atoms with van der Waals surface area (Å²) in [6.45, 7) is 5.43. The Labute approximate surface area is 232 Å². The van der Waals surface area contributed by atoms with Gasteiger partial charge in [-0.1, -0.05) is 38.1 Å². The highest BCUT2D eigenvalue weighted by atomic mass is 16.7. The Morgan fingerprint density at radius 1 is 0.825 bits per heavy atom. The van der Waals surface area contributed by atoms with Gasteiger partial charge in [0.2, 0.25) is 0 Å². The number of hydrogen-bond acceptors (Lipinski definition) is 12. The van der Waals surface area contributed by atoms with E-state index < -0.39 is 36.1 Å². The zero-order valence-electron chi connectivity index (χ0n) is 23.0. The molecule has 0 heterocycles. The molecule has 40 heavy (non-hydrogen) atoms. The van der Waals surface area contributed by atoms with Crippen molar-refractivity contribution in [1.82, 2.24) is 0 Å². The number of rotatable bonds is 13. The van der Waals surface area contributed by atoms with Crippen LogP contribution in [-0.4, -0.2) is 56.4 Å². The fraction of sp³-hybridized carbons (Fsp3) is 0.429. The van der Waals surface area contributed by atoms with Gasteiger partial charge < -0.3 is 38.9 Å². The molecule has 2 aromatic carbocycles. The molecule has 0 aliphatic carbocycles. The number of benzene rings is 2. The standard InChI is InChI=1S/C28H35NO11/c1-5-14-35-25(31)39-22-13-12-20(16-23(22)40-26(32)36-15-6-2)18-28(29,24(30)34-4)17-19(3)37-27(33)38-21-10-8-7-9-11-21/h7-13,16,19H,5-6,14-15,17-18,29H2,1-4H3/t19-,28?/m0/s1. The Morgan fingerprint density at radius 3 is 2.00 bits per heavy atom. The first kappa shape index (κ1) is 31.9. The Balaban J connectivity index is 2.22. The number of methoxy groups -OCH3 is 1. The van der Waals surface area contributed by atoms with E-state index in [9.17, 15) is 19.2 Å². The summed E-state index contributed by atoms with van der Waals surface area (Å²) in [4.78, 5) is 49.1. The lowest BCUT2D eigenvalue weighted by molar-refractivity contribution is -0.148. The third-order valence-corrected chi connectivity index (χ3v) is 5.25. The molecule has 2 atom stereocenters. The summed E-state index contributed by atoms with van der Waals surface area (Å²) >= 11 is 0. The summed E-state index contributed by atoms with van der Waals surface area (Å²) in [6, 6.07) is 12.6. The van der Waals surface area contributed by atoms with Gasteiger partial charge in [0, 0.05) is 12.8 Å². The minimum absolute atomic E-state index is 0.112. The lowest BCUT2D eigenvalue weighted by Crippen LogP contribution is -2.53. The van der Waals surface area contributed by atoms with Crippen molar-refractivity contribution in [2.75, 3.05) is 20.3 Å². The van der Waals surface area contributed by atoms with E-state index in [1.165, 1.54) is 25.3 Å². The number of ether oxygens (including phenoxy) is 7. The van der Waals surface area contributed by atoms with Crippen molar-refractivity contribution in [3.05, 3.63) is 54.1 Å². The van der Waals surface area contributed by atoms with E-state index in [-0.39, 0.29) is 43.3 Å². The maximum atomic E-state index is 12.7. The van der Waals surface area contributed by atoms with Gasteiger partial charge in [-0.05, 0) is 49.6 Å². The normalized spacial score (nSPS) is 12.7. The molecule has 12 heteroatoms. The third kappa shape index (κ3) is 10.4. The molecule has 0 spiro atoms. The van der Waals surface area contributed by atoms with Crippen LogP contribution in [-0.2, 0) is 30.2 Å². The first-order valence-electron chi connectivity index (χ1n) is 12.7. The Morgan fingerprint density at radius 2 is 1.43 bits per heavy atom. The van der Waals surface area contributed by atoms with E-state index in [0.29, 0.717) is 18.4 Å². The van der Waals surface area contributed by atoms with Gasteiger partial charge in [0.25, 0.3) is 0 Å². The molecule has 0 aliphatic rings. The van der Waals surface area contributed by atoms with Crippen LogP contribution >= 0.6 is 0 Å². The van der Waals surface area contributed by atoms with Gasteiger partial charge in [-0.3, -0.25) is 4.79 Å². The fourth-order valence-electron chi connectivity index (χ4n) is 3.56. The van der Waals surface area contributed by atoms with E-state index in [1.807, 2.05) is 13.8 Å². The van der Waals surface area contributed by atoms with Crippen LogP contribution in [0.15, 0.2) is 48.5 Å². The molecule has 1 unspecified atom stereocenters. The average molecular weight is 562 g/mol. The summed E-state index contributed by atoms with van der Waals surface area (Å²) in [6.07, 6.45) is -2.94.